The number of amides is 1. The zero-order valence-corrected chi connectivity index (χ0v) is 24.3. The smallest absolute Gasteiger partial charge is 0.431 e. The van der Waals surface area contributed by atoms with Gasteiger partial charge in [-0.25, -0.2) is 9.48 Å². The number of halogens is 3. The number of carbonyl (C=O) groups excluding carboxylic acids is 3. The lowest BCUT2D eigenvalue weighted by Gasteiger charge is -2.30. The molecule has 0 bridgehead atoms. The van der Waals surface area contributed by atoms with Crippen molar-refractivity contribution < 1.29 is 42.0 Å². The van der Waals surface area contributed by atoms with Crippen molar-refractivity contribution in [3.63, 3.8) is 0 Å². The van der Waals surface area contributed by atoms with E-state index in [1.807, 2.05) is 0 Å². The molecule has 1 saturated carbocycles. The Hall–Kier alpha value is -4.95. The normalized spacial score (nSPS) is 19.4. The van der Waals surface area contributed by atoms with Crippen LogP contribution in [0.4, 0.5) is 29.3 Å². The fourth-order valence-electron chi connectivity index (χ4n) is 5.80. The van der Waals surface area contributed by atoms with Crippen LogP contribution in [0.1, 0.15) is 78.1 Å². The van der Waals surface area contributed by atoms with E-state index < -0.39 is 51.7 Å². The van der Waals surface area contributed by atoms with E-state index in [9.17, 15) is 37.7 Å². The van der Waals surface area contributed by atoms with Crippen molar-refractivity contribution in [1.29, 1.82) is 0 Å². The van der Waals surface area contributed by atoms with E-state index in [-0.39, 0.29) is 47.3 Å². The van der Waals surface area contributed by atoms with Gasteiger partial charge in [-0.15, -0.1) is 0 Å². The lowest BCUT2D eigenvalue weighted by atomic mass is 9.75. The minimum atomic E-state index is -4.84. The largest absolute Gasteiger partial charge is 0.514 e. The van der Waals surface area contributed by atoms with Gasteiger partial charge in [-0.05, 0) is 67.9 Å². The predicted molar refractivity (Wildman–Crippen MR) is 153 cm³/mol. The average molecular weight is 630 g/mol. The minimum absolute atomic E-state index is 0.0383. The van der Waals surface area contributed by atoms with E-state index in [1.54, 1.807) is 13.8 Å². The van der Waals surface area contributed by atoms with Gasteiger partial charge in [0.2, 0.25) is 0 Å². The number of anilines is 1. The summed E-state index contributed by atoms with van der Waals surface area (Å²) in [4.78, 5) is 47.5. The van der Waals surface area contributed by atoms with Gasteiger partial charge < -0.3 is 20.5 Å². The molecule has 3 aromatic rings. The number of rotatable bonds is 7. The standard InChI is InChI=1S/C30H30F3N5O7/c1-29(2)14-23-25(24(39)15-29)26(30(31,32)33)36-37(23)18-7-12-21(27(34)40)22(13-18)35-16-3-8-19(9-4-16)44-28(41)45-20-10-5-17(6-11-20)38(42)43/h5-7,10-13,16,19,35H,3-4,8-9,14-15H2,1-2H3,(H2,34,40)/t16-,19-. The van der Waals surface area contributed by atoms with Crippen LogP contribution in [0, 0.1) is 15.5 Å². The average Bonchev–Trinajstić information content (AvgIpc) is 3.33. The summed E-state index contributed by atoms with van der Waals surface area (Å²) < 4.78 is 53.4. The number of nitro groups is 1. The second-order valence-corrected chi connectivity index (χ2v) is 12.0. The first-order chi connectivity index (χ1) is 21.1. The summed E-state index contributed by atoms with van der Waals surface area (Å²) >= 11 is 0. The molecule has 1 aromatic heterocycles. The third-order valence-electron chi connectivity index (χ3n) is 7.87. The number of nitrogens with one attached hydrogen (secondary N) is 1. The molecule has 3 N–H and O–H groups in total. The summed E-state index contributed by atoms with van der Waals surface area (Å²) in [5.74, 6) is -1.28. The molecule has 0 atom stereocenters. The number of nitro benzene ring substituents is 1. The summed E-state index contributed by atoms with van der Waals surface area (Å²) in [7, 11) is 0. The Labute approximate surface area is 254 Å². The molecule has 0 spiro atoms. The molecule has 2 aromatic carbocycles. The number of aromatic nitrogens is 2. The summed E-state index contributed by atoms with van der Waals surface area (Å²) in [5.41, 5.74) is 4.00. The molecule has 1 heterocycles. The van der Waals surface area contributed by atoms with Crippen LogP contribution in [0.2, 0.25) is 0 Å². The van der Waals surface area contributed by atoms with Crippen LogP contribution in [0.3, 0.4) is 0 Å². The number of ether oxygens (including phenoxy) is 2. The van der Waals surface area contributed by atoms with Crippen molar-refractivity contribution in [1.82, 2.24) is 9.78 Å². The third kappa shape index (κ3) is 6.91. The first-order valence-electron chi connectivity index (χ1n) is 14.2. The SMILES string of the molecule is CC1(C)CC(=O)c2c(C(F)(F)F)nn(-c3ccc(C(N)=O)c(N[C@H]4CC[C@H](OC(=O)Oc5ccc([N+](=O)[O-])cc5)CC4)c3)c2C1. The van der Waals surface area contributed by atoms with Crippen LogP contribution in [-0.4, -0.2) is 44.7 Å². The molecular formula is C30H30F3N5O7. The van der Waals surface area contributed by atoms with Gasteiger partial charge in [0.1, 0.15) is 11.9 Å². The number of Topliss-reactive ketones (excluding diaryl/α,β-unsaturated/α-hetero) is 1. The van der Waals surface area contributed by atoms with Gasteiger partial charge in [0.05, 0.1) is 27.4 Å². The Morgan fingerprint density at radius 1 is 1.09 bits per heavy atom. The quantitative estimate of drug-likeness (QED) is 0.138. The number of primary amides is 1. The van der Waals surface area contributed by atoms with Gasteiger partial charge in [0, 0.05) is 30.3 Å². The maximum absolute atomic E-state index is 13.9. The van der Waals surface area contributed by atoms with Crippen molar-refractivity contribution in [3.8, 4) is 11.4 Å². The van der Waals surface area contributed by atoms with Gasteiger partial charge in [0.15, 0.2) is 11.5 Å². The molecule has 0 aliphatic heterocycles. The molecular weight excluding hydrogens is 599 g/mol. The maximum atomic E-state index is 13.9. The third-order valence-corrected chi connectivity index (χ3v) is 7.87. The minimum Gasteiger partial charge on any atom is -0.431 e. The molecule has 5 rings (SSSR count). The topological polar surface area (TPSA) is 169 Å². The Balaban J connectivity index is 1.30. The van der Waals surface area contributed by atoms with Crippen molar-refractivity contribution in [2.24, 2.45) is 11.1 Å². The van der Waals surface area contributed by atoms with Crippen LogP contribution >= 0.6 is 0 Å². The Bertz CT molecular complexity index is 1660. The molecule has 2 aliphatic carbocycles. The molecule has 15 heteroatoms. The number of carbonyl (C=O) groups is 3. The zero-order valence-electron chi connectivity index (χ0n) is 24.3. The van der Waals surface area contributed by atoms with E-state index in [2.05, 4.69) is 10.4 Å². The highest BCUT2D eigenvalue weighted by Gasteiger charge is 2.45. The van der Waals surface area contributed by atoms with Crippen LogP contribution in [0.25, 0.3) is 5.69 Å². The molecule has 2 aliphatic rings. The highest BCUT2D eigenvalue weighted by Crippen LogP contribution is 2.42. The molecule has 0 radical (unpaired) electrons. The van der Waals surface area contributed by atoms with Gasteiger partial charge in [-0.1, -0.05) is 13.8 Å². The number of hydrogen-bond donors (Lipinski definition) is 2. The first-order valence-corrected chi connectivity index (χ1v) is 14.2. The van der Waals surface area contributed by atoms with E-state index in [0.717, 1.165) is 4.68 Å². The van der Waals surface area contributed by atoms with Crippen molar-refractivity contribution in [3.05, 3.63) is 75.1 Å². The van der Waals surface area contributed by atoms with Crippen molar-refractivity contribution >= 4 is 29.2 Å². The van der Waals surface area contributed by atoms with E-state index in [0.29, 0.717) is 31.4 Å². The van der Waals surface area contributed by atoms with Crippen molar-refractivity contribution in [2.45, 2.75) is 70.7 Å². The van der Waals surface area contributed by atoms with Crippen LogP contribution in [-0.2, 0) is 17.3 Å². The van der Waals surface area contributed by atoms with Gasteiger partial charge in [0.25, 0.3) is 11.6 Å². The van der Waals surface area contributed by atoms with Crippen LogP contribution < -0.4 is 15.8 Å². The lowest BCUT2D eigenvalue weighted by molar-refractivity contribution is -0.384. The highest BCUT2D eigenvalue weighted by atomic mass is 19.4. The molecule has 238 valence electrons. The Morgan fingerprint density at radius 3 is 2.36 bits per heavy atom. The van der Waals surface area contributed by atoms with Crippen LogP contribution in [0.15, 0.2) is 42.5 Å². The summed E-state index contributed by atoms with van der Waals surface area (Å²) in [6, 6.07) is 9.10. The van der Waals surface area contributed by atoms with Gasteiger partial charge in [-0.2, -0.15) is 18.3 Å². The molecule has 1 amide bonds. The summed E-state index contributed by atoms with van der Waals surface area (Å²) in [6.07, 6.45) is -4.20. The molecule has 0 unspecified atom stereocenters. The van der Waals surface area contributed by atoms with E-state index in [4.69, 9.17) is 15.2 Å². The van der Waals surface area contributed by atoms with E-state index >= 15 is 0 Å². The van der Waals surface area contributed by atoms with Gasteiger partial charge >= 0.3 is 12.3 Å². The lowest BCUT2D eigenvalue weighted by Crippen LogP contribution is -2.32. The van der Waals surface area contributed by atoms with Crippen molar-refractivity contribution in [2.75, 3.05) is 5.32 Å². The summed E-state index contributed by atoms with van der Waals surface area (Å²) in [6.45, 7) is 3.61. The number of non-ortho nitro benzene ring substituents is 1. The molecule has 0 saturated heterocycles. The Kier molecular flexibility index (Phi) is 8.29. The fraction of sp³-hybridized carbons (Fsp3) is 0.400. The summed E-state index contributed by atoms with van der Waals surface area (Å²) in [5, 5.41) is 17.9. The zero-order chi connectivity index (χ0) is 32.7. The number of benzene rings is 2. The molecule has 12 nitrogen and oxygen atoms in total. The molecule has 45 heavy (non-hydrogen) atoms. The molecule has 1 fully saturated rings. The second-order valence-electron chi connectivity index (χ2n) is 12.0. The fourth-order valence-corrected chi connectivity index (χ4v) is 5.80. The monoisotopic (exact) mass is 629 g/mol. The number of alkyl halides is 3. The number of hydrogen-bond acceptors (Lipinski definition) is 9. The predicted octanol–water partition coefficient (Wildman–Crippen LogP) is 5.99. The van der Waals surface area contributed by atoms with Crippen LogP contribution in [0.5, 0.6) is 5.75 Å². The highest BCUT2D eigenvalue weighted by molar-refractivity contribution is 6.00. The van der Waals surface area contributed by atoms with Gasteiger partial charge in [-0.3, -0.25) is 19.7 Å². The second kappa shape index (κ2) is 11.9. The first kappa shape index (κ1) is 31.5. The number of ketones is 1. The number of fused-ring (bicyclic) bond motifs is 1. The van der Waals surface area contributed by atoms with E-state index in [1.165, 1.54) is 42.5 Å². The Morgan fingerprint density at radius 2 is 1.76 bits per heavy atom. The number of nitrogens with zero attached hydrogens (tertiary/aromatic N) is 3. The number of nitrogens with two attached hydrogens (primary N) is 1. The maximum Gasteiger partial charge on any atom is 0.514 e.